The quantitative estimate of drug-likeness (QED) is 0.415. The van der Waals surface area contributed by atoms with Crippen molar-refractivity contribution in [2.45, 2.75) is 10.9 Å². The van der Waals surface area contributed by atoms with E-state index in [1.165, 1.54) is 12.1 Å². The first-order chi connectivity index (χ1) is 12.1. The van der Waals surface area contributed by atoms with E-state index in [-0.39, 0.29) is 5.82 Å². The van der Waals surface area contributed by atoms with Crippen LogP contribution in [0.15, 0.2) is 62.6 Å². The monoisotopic (exact) mass is 417 g/mol. The number of furan rings is 1. The fourth-order valence-electron chi connectivity index (χ4n) is 2.51. The molecule has 0 bridgehead atoms. The molecule has 7 heteroatoms. The summed E-state index contributed by atoms with van der Waals surface area (Å²) in [5.41, 5.74) is 1.84. The van der Waals surface area contributed by atoms with E-state index in [4.69, 9.17) is 4.42 Å². The van der Waals surface area contributed by atoms with Gasteiger partial charge in [0.15, 0.2) is 16.7 Å². The second-order valence-corrected chi connectivity index (χ2v) is 7.43. The zero-order chi connectivity index (χ0) is 17.4. The van der Waals surface area contributed by atoms with Gasteiger partial charge in [-0.3, -0.25) is 0 Å². The summed E-state index contributed by atoms with van der Waals surface area (Å²) in [5, 5.41) is 10.3. The van der Waals surface area contributed by atoms with Crippen molar-refractivity contribution in [3.63, 3.8) is 0 Å². The van der Waals surface area contributed by atoms with E-state index in [1.807, 2.05) is 35.9 Å². The SMILES string of the molecule is Cn1c(SCc2ccc(F)cc2)nnc1-c1cc2cc(Br)ccc2o1. The molecular formula is C18H13BrFN3OS. The second kappa shape index (κ2) is 6.65. The molecule has 2 aromatic carbocycles. The summed E-state index contributed by atoms with van der Waals surface area (Å²) in [4.78, 5) is 0. The Morgan fingerprint density at radius 2 is 1.92 bits per heavy atom. The van der Waals surface area contributed by atoms with Crippen LogP contribution in [0.2, 0.25) is 0 Å². The molecule has 0 fully saturated rings. The van der Waals surface area contributed by atoms with Crippen molar-refractivity contribution in [2.24, 2.45) is 7.05 Å². The second-order valence-electron chi connectivity index (χ2n) is 5.57. The van der Waals surface area contributed by atoms with E-state index in [1.54, 1.807) is 23.9 Å². The van der Waals surface area contributed by atoms with E-state index in [0.29, 0.717) is 17.3 Å². The lowest BCUT2D eigenvalue weighted by atomic mass is 10.2. The number of benzene rings is 2. The van der Waals surface area contributed by atoms with Crippen LogP contribution in [0.3, 0.4) is 0 Å². The van der Waals surface area contributed by atoms with Crippen LogP contribution in [0.1, 0.15) is 5.56 Å². The molecule has 0 spiro atoms. The van der Waals surface area contributed by atoms with Crippen LogP contribution < -0.4 is 0 Å². The summed E-state index contributed by atoms with van der Waals surface area (Å²) in [7, 11) is 1.91. The van der Waals surface area contributed by atoms with Crippen LogP contribution in [-0.2, 0) is 12.8 Å². The van der Waals surface area contributed by atoms with E-state index in [0.717, 1.165) is 26.2 Å². The standard InChI is InChI=1S/C18H13BrFN3OS/c1-23-17(16-9-12-8-13(19)4-7-15(12)24-16)21-22-18(23)25-10-11-2-5-14(20)6-3-11/h2-9H,10H2,1H3. The highest BCUT2D eigenvalue weighted by Crippen LogP contribution is 2.30. The smallest absolute Gasteiger partial charge is 0.200 e. The van der Waals surface area contributed by atoms with Gasteiger partial charge in [0.05, 0.1) is 0 Å². The fourth-order valence-corrected chi connectivity index (χ4v) is 3.75. The summed E-state index contributed by atoms with van der Waals surface area (Å²) in [6.07, 6.45) is 0. The maximum atomic E-state index is 13.0. The molecule has 0 aliphatic rings. The lowest BCUT2D eigenvalue weighted by Crippen LogP contribution is -1.94. The predicted octanol–water partition coefficient (Wildman–Crippen LogP) is 5.42. The third kappa shape index (κ3) is 3.34. The largest absolute Gasteiger partial charge is 0.453 e. The van der Waals surface area contributed by atoms with Crippen molar-refractivity contribution in [3.8, 4) is 11.6 Å². The van der Waals surface area contributed by atoms with Gasteiger partial charge >= 0.3 is 0 Å². The molecule has 25 heavy (non-hydrogen) atoms. The van der Waals surface area contributed by atoms with Crippen molar-refractivity contribution in [1.29, 1.82) is 0 Å². The first-order valence-electron chi connectivity index (χ1n) is 7.56. The van der Waals surface area contributed by atoms with Crippen molar-refractivity contribution in [1.82, 2.24) is 14.8 Å². The minimum absolute atomic E-state index is 0.230. The molecule has 0 N–H and O–H groups in total. The van der Waals surface area contributed by atoms with Gasteiger partial charge in [-0.2, -0.15) is 0 Å². The normalized spacial score (nSPS) is 11.3. The third-order valence-electron chi connectivity index (χ3n) is 3.81. The van der Waals surface area contributed by atoms with Gasteiger partial charge in [0, 0.05) is 22.7 Å². The Balaban J connectivity index is 1.58. The first-order valence-corrected chi connectivity index (χ1v) is 9.34. The number of thioether (sulfide) groups is 1. The Labute approximate surface area is 156 Å². The summed E-state index contributed by atoms with van der Waals surface area (Å²) in [5.74, 6) is 1.82. The van der Waals surface area contributed by atoms with Gasteiger partial charge in [-0.15, -0.1) is 10.2 Å². The van der Waals surface area contributed by atoms with E-state index < -0.39 is 0 Å². The van der Waals surface area contributed by atoms with Crippen LogP contribution >= 0.6 is 27.7 Å². The van der Waals surface area contributed by atoms with Gasteiger partial charge in [0.2, 0.25) is 0 Å². The molecule has 4 rings (SSSR count). The molecule has 0 aliphatic carbocycles. The Hall–Kier alpha value is -2.12. The Morgan fingerprint density at radius 1 is 1.12 bits per heavy atom. The molecule has 0 saturated carbocycles. The van der Waals surface area contributed by atoms with Crippen LogP contribution in [0.25, 0.3) is 22.6 Å². The molecule has 0 radical (unpaired) electrons. The minimum Gasteiger partial charge on any atom is -0.453 e. The number of fused-ring (bicyclic) bond motifs is 1. The molecule has 4 aromatic rings. The number of halogens is 2. The predicted molar refractivity (Wildman–Crippen MR) is 99.9 cm³/mol. The summed E-state index contributed by atoms with van der Waals surface area (Å²) < 4.78 is 21.8. The van der Waals surface area contributed by atoms with Gasteiger partial charge in [-0.1, -0.05) is 39.8 Å². The number of hydrogen-bond donors (Lipinski definition) is 0. The number of nitrogens with zero attached hydrogens (tertiary/aromatic N) is 3. The summed E-state index contributed by atoms with van der Waals surface area (Å²) in [6, 6.07) is 14.3. The molecule has 0 atom stereocenters. The first kappa shape index (κ1) is 16.4. The third-order valence-corrected chi connectivity index (χ3v) is 5.40. The topological polar surface area (TPSA) is 43.9 Å². The molecule has 0 saturated heterocycles. The molecule has 2 aromatic heterocycles. The molecule has 0 unspecified atom stereocenters. The van der Waals surface area contributed by atoms with Crippen molar-refractivity contribution in [2.75, 3.05) is 0 Å². The molecule has 4 nitrogen and oxygen atoms in total. The van der Waals surface area contributed by atoms with Crippen molar-refractivity contribution < 1.29 is 8.81 Å². The highest BCUT2D eigenvalue weighted by atomic mass is 79.9. The zero-order valence-corrected chi connectivity index (χ0v) is 15.6. The molecule has 2 heterocycles. The lowest BCUT2D eigenvalue weighted by molar-refractivity contribution is 0.618. The highest BCUT2D eigenvalue weighted by Gasteiger charge is 2.15. The average Bonchev–Trinajstić information content (AvgIpc) is 3.17. The van der Waals surface area contributed by atoms with Gasteiger partial charge < -0.3 is 8.98 Å². The molecule has 126 valence electrons. The van der Waals surface area contributed by atoms with Crippen molar-refractivity contribution >= 4 is 38.7 Å². The summed E-state index contributed by atoms with van der Waals surface area (Å²) in [6.45, 7) is 0. The van der Waals surface area contributed by atoms with Crippen molar-refractivity contribution in [3.05, 3.63) is 64.4 Å². The number of hydrogen-bond acceptors (Lipinski definition) is 4. The number of rotatable bonds is 4. The molecular weight excluding hydrogens is 405 g/mol. The maximum absolute atomic E-state index is 13.0. The van der Waals surface area contributed by atoms with Gasteiger partial charge in [0.25, 0.3) is 0 Å². The van der Waals surface area contributed by atoms with E-state index in [9.17, 15) is 4.39 Å². The van der Waals surface area contributed by atoms with Gasteiger partial charge in [-0.05, 0) is 42.0 Å². The molecule has 0 aliphatic heterocycles. The Bertz CT molecular complexity index is 1040. The van der Waals surface area contributed by atoms with Crippen LogP contribution in [0.5, 0.6) is 0 Å². The van der Waals surface area contributed by atoms with Gasteiger partial charge in [-0.25, -0.2) is 4.39 Å². The minimum atomic E-state index is -0.230. The lowest BCUT2D eigenvalue weighted by Gasteiger charge is -2.02. The Kier molecular flexibility index (Phi) is 4.35. The van der Waals surface area contributed by atoms with E-state index >= 15 is 0 Å². The maximum Gasteiger partial charge on any atom is 0.200 e. The summed E-state index contributed by atoms with van der Waals surface area (Å²) >= 11 is 5.01. The average molecular weight is 418 g/mol. The Morgan fingerprint density at radius 3 is 2.72 bits per heavy atom. The van der Waals surface area contributed by atoms with Gasteiger partial charge in [0.1, 0.15) is 11.4 Å². The van der Waals surface area contributed by atoms with E-state index in [2.05, 4.69) is 26.1 Å². The number of aromatic nitrogens is 3. The van der Waals surface area contributed by atoms with Crippen LogP contribution in [0, 0.1) is 5.82 Å². The van der Waals surface area contributed by atoms with Crippen LogP contribution in [-0.4, -0.2) is 14.8 Å². The van der Waals surface area contributed by atoms with Crippen LogP contribution in [0.4, 0.5) is 4.39 Å². The molecule has 0 amide bonds. The fraction of sp³-hybridized carbons (Fsp3) is 0.111. The zero-order valence-electron chi connectivity index (χ0n) is 13.2. The highest BCUT2D eigenvalue weighted by molar-refractivity contribution is 9.10.